The highest BCUT2D eigenvalue weighted by atomic mass is 32.2. The van der Waals surface area contributed by atoms with Gasteiger partial charge in [0.2, 0.25) is 0 Å². The van der Waals surface area contributed by atoms with Crippen LogP contribution in [0.15, 0.2) is 44.7 Å². The summed E-state index contributed by atoms with van der Waals surface area (Å²) in [5, 5.41) is 0.687. The zero-order chi connectivity index (χ0) is 21.9. The van der Waals surface area contributed by atoms with Crippen LogP contribution in [-0.4, -0.2) is 36.5 Å². The highest BCUT2D eigenvalue weighted by Crippen LogP contribution is 2.35. The number of hydrogen-bond acceptors (Lipinski definition) is 5. The summed E-state index contributed by atoms with van der Waals surface area (Å²) in [7, 11) is 0. The maximum atomic E-state index is 12.9. The van der Waals surface area contributed by atoms with Crippen molar-refractivity contribution < 1.29 is 18.7 Å². The Balaban J connectivity index is 1.70. The Morgan fingerprint density at radius 2 is 2.00 bits per heavy atom. The first-order chi connectivity index (χ1) is 14.2. The maximum Gasteiger partial charge on any atom is 0.310 e. The highest BCUT2D eigenvalue weighted by Gasteiger charge is 2.31. The molecule has 2 aromatic rings. The molecule has 3 rings (SSSR count). The van der Waals surface area contributed by atoms with E-state index >= 15 is 0 Å². The summed E-state index contributed by atoms with van der Waals surface area (Å²) >= 11 is 1.53. The highest BCUT2D eigenvalue weighted by molar-refractivity contribution is 7.99. The minimum Gasteiger partial charge on any atom is -0.466 e. The normalized spacial score (nSPS) is 17.1. The zero-order valence-corrected chi connectivity index (χ0v) is 19.3. The van der Waals surface area contributed by atoms with E-state index in [-0.39, 0.29) is 23.2 Å². The Kier molecular flexibility index (Phi) is 6.96. The van der Waals surface area contributed by atoms with Crippen LogP contribution in [0.5, 0.6) is 0 Å². The molecule has 5 nitrogen and oxygen atoms in total. The van der Waals surface area contributed by atoms with Crippen molar-refractivity contribution in [2.24, 2.45) is 5.92 Å². The quantitative estimate of drug-likeness (QED) is 0.591. The largest absolute Gasteiger partial charge is 0.466 e. The van der Waals surface area contributed by atoms with Gasteiger partial charge in [0.25, 0.3) is 5.91 Å². The molecule has 0 bridgehead atoms. The second-order valence-corrected chi connectivity index (χ2v) is 9.84. The van der Waals surface area contributed by atoms with Crippen LogP contribution in [0.4, 0.5) is 0 Å². The number of aryl methyl sites for hydroxylation is 1. The standard InChI is InChI=1S/C24H31NO4S/c1-6-28-23(27)17-8-7-13-25(15-17)22(26)19-11-12-21(29-19)30-20-14-18(24(3,4)5)10-9-16(20)2/h9-12,14,17H,6-8,13,15H2,1-5H3. The number of piperidine rings is 1. The number of ether oxygens (including phenoxy) is 1. The fourth-order valence-electron chi connectivity index (χ4n) is 3.54. The summed E-state index contributed by atoms with van der Waals surface area (Å²) < 4.78 is 11.0. The lowest BCUT2D eigenvalue weighted by Gasteiger charge is -2.30. The SMILES string of the molecule is CCOC(=O)C1CCCN(C(=O)c2ccc(Sc3cc(C(C)(C)C)ccc3C)o2)C1. The van der Waals surface area contributed by atoms with Gasteiger partial charge in [-0.1, -0.05) is 44.7 Å². The first-order valence-electron chi connectivity index (χ1n) is 10.5. The van der Waals surface area contributed by atoms with Gasteiger partial charge in [-0.3, -0.25) is 9.59 Å². The van der Waals surface area contributed by atoms with Crippen LogP contribution in [0, 0.1) is 12.8 Å². The third-order valence-corrected chi connectivity index (χ3v) is 6.47. The molecule has 1 aliphatic heterocycles. The molecule has 1 atom stereocenters. The third kappa shape index (κ3) is 5.28. The van der Waals surface area contributed by atoms with Crippen LogP contribution in [0.3, 0.4) is 0 Å². The van der Waals surface area contributed by atoms with E-state index in [9.17, 15) is 9.59 Å². The lowest BCUT2D eigenvalue weighted by molar-refractivity contribution is -0.149. The second-order valence-electron chi connectivity index (χ2n) is 8.79. The lowest BCUT2D eigenvalue weighted by atomic mass is 9.87. The van der Waals surface area contributed by atoms with E-state index in [0.717, 1.165) is 17.7 Å². The van der Waals surface area contributed by atoms with Gasteiger partial charge < -0.3 is 14.1 Å². The van der Waals surface area contributed by atoms with Crippen LogP contribution >= 0.6 is 11.8 Å². The Morgan fingerprint density at radius 3 is 2.70 bits per heavy atom. The maximum absolute atomic E-state index is 12.9. The van der Waals surface area contributed by atoms with Gasteiger partial charge in [-0.25, -0.2) is 0 Å². The molecular weight excluding hydrogens is 398 g/mol. The van der Waals surface area contributed by atoms with E-state index in [1.54, 1.807) is 17.9 Å². The number of likely N-dealkylation sites (tertiary alicyclic amines) is 1. The number of rotatable bonds is 5. The fraction of sp³-hybridized carbons (Fsp3) is 0.500. The predicted molar refractivity (Wildman–Crippen MR) is 118 cm³/mol. The van der Waals surface area contributed by atoms with Gasteiger partial charge in [0, 0.05) is 18.0 Å². The molecule has 30 heavy (non-hydrogen) atoms. The number of nitrogens with zero attached hydrogens (tertiary/aromatic N) is 1. The van der Waals surface area contributed by atoms with Gasteiger partial charge in [-0.2, -0.15) is 0 Å². The van der Waals surface area contributed by atoms with Crippen molar-refractivity contribution in [1.29, 1.82) is 0 Å². The van der Waals surface area contributed by atoms with E-state index in [0.29, 0.717) is 30.5 Å². The molecule has 1 unspecified atom stereocenters. The third-order valence-electron chi connectivity index (χ3n) is 5.39. The Labute approximate surface area is 183 Å². The predicted octanol–water partition coefficient (Wildman–Crippen LogP) is 5.45. The Morgan fingerprint density at radius 1 is 1.23 bits per heavy atom. The summed E-state index contributed by atoms with van der Waals surface area (Å²) in [5.74, 6) is -0.336. The molecule has 1 aliphatic rings. The number of carbonyl (C=O) groups is 2. The van der Waals surface area contributed by atoms with Crippen LogP contribution < -0.4 is 0 Å². The van der Waals surface area contributed by atoms with Crippen molar-refractivity contribution in [3.63, 3.8) is 0 Å². The average Bonchev–Trinajstić information content (AvgIpc) is 3.17. The van der Waals surface area contributed by atoms with Crippen molar-refractivity contribution in [2.75, 3.05) is 19.7 Å². The van der Waals surface area contributed by atoms with Crippen molar-refractivity contribution in [3.05, 3.63) is 47.2 Å². The van der Waals surface area contributed by atoms with Crippen LogP contribution in [0.25, 0.3) is 0 Å². The van der Waals surface area contributed by atoms with Crippen LogP contribution in [0.1, 0.15) is 62.2 Å². The summed E-state index contributed by atoms with van der Waals surface area (Å²) in [6, 6.07) is 10.0. The zero-order valence-electron chi connectivity index (χ0n) is 18.5. The minimum absolute atomic E-state index is 0.0665. The van der Waals surface area contributed by atoms with Crippen LogP contribution in [-0.2, 0) is 14.9 Å². The topological polar surface area (TPSA) is 59.8 Å². The molecule has 162 valence electrons. The van der Waals surface area contributed by atoms with Crippen molar-refractivity contribution in [1.82, 2.24) is 4.90 Å². The molecule has 1 fully saturated rings. The van der Waals surface area contributed by atoms with Gasteiger partial charge in [0.1, 0.15) is 0 Å². The van der Waals surface area contributed by atoms with E-state index in [1.807, 2.05) is 6.07 Å². The first kappa shape index (κ1) is 22.5. The van der Waals surface area contributed by atoms with E-state index < -0.39 is 0 Å². The van der Waals surface area contributed by atoms with Gasteiger partial charge in [0.15, 0.2) is 10.9 Å². The van der Waals surface area contributed by atoms with Crippen molar-refractivity contribution in [2.45, 2.75) is 62.9 Å². The van der Waals surface area contributed by atoms with Crippen LogP contribution in [0.2, 0.25) is 0 Å². The van der Waals surface area contributed by atoms with Gasteiger partial charge in [-0.15, -0.1) is 0 Å². The molecule has 0 radical (unpaired) electrons. The van der Waals surface area contributed by atoms with Gasteiger partial charge >= 0.3 is 5.97 Å². The molecule has 2 heterocycles. The number of carbonyl (C=O) groups excluding carboxylic acids is 2. The number of benzene rings is 1. The summed E-state index contributed by atoms with van der Waals surface area (Å²) in [6.07, 6.45) is 1.54. The summed E-state index contributed by atoms with van der Waals surface area (Å²) in [6.45, 7) is 11.8. The van der Waals surface area contributed by atoms with Crippen molar-refractivity contribution >= 4 is 23.6 Å². The molecule has 1 aromatic heterocycles. The number of hydrogen-bond donors (Lipinski definition) is 0. The van der Waals surface area contributed by atoms with Gasteiger partial charge in [-0.05, 0) is 61.4 Å². The molecule has 1 saturated heterocycles. The van der Waals surface area contributed by atoms with Crippen molar-refractivity contribution in [3.8, 4) is 0 Å². The van der Waals surface area contributed by atoms with E-state index in [2.05, 4.69) is 45.9 Å². The van der Waals surface area contributed by atoms with Gasteiger partial charge in [0.05, 0.1) is 12.5 Å². The molecule has 0 aliphatic carbocycles. The molecule has 0 saturated carbocycles. The molecule has 1 aromatic carbocycles. The molecule has 1 amide bonds. The lowest BCUT2D eigenvalue weighted by Crippen LogP contribution is -2.42. The smallest absolute Gasteiger partial charge is 0.310 e. The molecule has 6 heteroatoms. The van der Waals surface area contributed by atoms with E-state index in [1.165, 1.54) is 22.9 Å². The number of esters is 1. The molecule has 0 spiro atoms. The number of furan rings is 1. The molecular formula is C24H31NO4S. The van der Waals surface area contributed by atoms with E-state index in [4.69, 9.17) is 9.15 Å². The average molecular weight is 430 g/mol. The summed E-state index contributed by atoms with van der Waals surface area (Å²) in [4.78, 5) is 27.8. The monoisotopic (exact) mass is 429 g/mol. The second kappa shape index (κ2) is 9.29. The minimum atomic E-state index is -0.255. The fourth-order valence-corrected chi connectivity index (χ4v) is 4.44. The Hall–Kier alpha value is -2.21. The Bertz CT molecular complexity index is 912. The first-order valence-corrected chi connectivity index (χ1v) is 11.4. The molecule has 0 N–H and O–H groups in total. The summed E-state index contributed by atoms with van der Waals surface area (Å²) in [5.41, 5.74) is 2.50. The number of amides is 1.